The molecular weight excluding hydrogens is 345 g/mol. The highest BCUT2D eigenvalue weighted by atomic mass is 19.1. The number of halogens is 1. The predicted octanol–water partition coefficient (Wildman–Crippen LogP) is 7.33. The number of rotatable bonds is 4. The van der Waals surface area contributed by atoms with Gasteiger partial charge in [0.05, 0.1) is 0 Å². The van der Waals surface area contributed by atoms with Crippen molar-refractivity contribution < 1.29 is 4.39 Å². The minimum Gasteiger partial charge on any atom is -0.388 e. The number of nitrogens with one attached hydrogen (secondary N) is 1. The summed E-state index contributed by atoms with van der Waals surface area (Å²) in [6.07, 6.45) is 13.0. The van der Waals surface area contributed by atoms with Crippen molar-refractivity contribution in [2.45, 2.75) is 44.9 Å². The van der Waals surface area contributed by atoms with Gasteiger partial charge in [-0.15, -0.1) is 0 Å². The first-order chi connectivity index (χ1) is 13.6. The molecule has 1 fully saturated rings. The van der Waals surface area contributed by atoms with Crippen LogP contribution in [-0.2, 0) is 0 Å². The highest BCUT2D eigenvalue weighted by Gasteiger charge is 2.23. The topological polar surface area (TPSA) is 12.0 Å². The Labute approximate surface area is 168 Å². The number of hydrogen-bond donors (Lipinski definition) is 1. The zero-order chi connectivity index (χ0) is 19.5. The van der Waals surface area contributed by atoms with Gasteiger partial charge in [0.25, 0.3) is 0 Å². The smallest absolute Gasteiger partial charge is 0.127 e. The summed E-state index contributed by atoms with van der Waals surface area (Å²) in [5.41, 5.74) is 5.31. The third kappa shape index (κ3) is 4.06. The largest absolute Gasteiger partial charge is 0.388 e. The molecule has 0 bridgehead atoms. The molecule has 2 aliphatic rings. The first kappa shape index (κ1) is 19.0. The van der Waals surface area contributed by atoms with E-state index >= 15 is 0 Å². The van der Waals surface area contributed by atoms with Crippen LogP contribution in [0.25, 0.3) is 11.1 Å². The van der Waals surface area contributed by atoms with Gasteiger partial charge < -0.3 is 5.32 Å². The molecule has 0 aliphatic heterocycles. The summed E-state index contributed by atoms with van der Waals surface area (Å²) >= 11 is 0. The summed E-state index contributed by atoms with van der Waals surface area (Å²) in [4.78, 5) is 0. The van der Waals surface area contributed by atoms with Crippen molar-refractivity contribution in [1.29, 1.82) is 0 Å². The molecule has 28 heavy (non-hydrogen) atoms. The lowest BCUT2D eigenvalue weighted by Crippen LogP contribution is -2.15. The summed E-state index contributed by atoms with van der Waals surface area (Å²) in [7, 11) is 1.90. The van der Waals surface area contributed by atoms with Crippen LogP contribution in [0.3, 0.4) is 0 Å². The maximum Gasteiger partial charge on any atom is 0.127 e. The van der Waals surface area contributed by atoms with E-state index in [1.165, 1.54) is 31.3 Å². The second kappa shape index (κ2) is 8.34. The van der Waals surface area contributed by atoms with E-state index in [4.69, 9.17) is 0 Å². The van der Waals surface area contributed by atoms with E-state index in [1.54, 1.807) is 6.07 Å². The number of anilines is 1. The van der Waals surface area contributed by atoms with Crippen LogP contribution in [0.5, 0.6) is 0 Å². The molecule has 1 N–H and O–H groups in total. The van der Waals surface area contributed by atoms with Crippen molar-refractivity contribution in [3.63, 3.8) is 0 Å². The Morgan fingerprint density at radius 2 is 1.64 bits per heavy atom. The lowest BCUT2D eigenvalue weighted by molar-refractivity contribution is 0.322. The average molecular weight is 376 g/mol. The van der Waals surface area contributed by atoms with Crippen molar-refractivity contribution in [3.8, 4) is 11.1 Å². The minimum atomic E-state index is -0.104. The Balaban J connectivity index is 1.46. The van der Waals surface area contributed by atoms with Crippen molar-refractivity contribution >= 4 is 5.69 Å². The van der Waals surface area contributed by atoms with Crippen molar-refractivity contribution in [2.24, 2.45) is 11.8 Å². The number of allylic oxidation sites excluding steroid dienone is 4. The van der Waals surface area contributed by atoms with Crippen LogP contribution in [0.15, 0.2) is 66.3 Å². The monoisotopic (exact) mass is 375 g/mol. The molecule has 2 aliphatic carbocycles. The van der Waals surface area contributed by atoms with Crippen LogP contribution in [0.2, 0.25) is 0 Å². The Bertz CT molecular complexity index is 870. The summed E-state index contributed by atoms with van der Waals surface area (Å²) in [5.74, 6) is 1.63. The second-order valence-corrected chi connectivity index (χ2v) is 8.43. The van der Waals surface area contributed by atoms with Crippen LogP contribution in [0, 0.1) is 17.7 Å². The van der Waals surface area contributed by atoms with Crippen LogP contribution >= 0.6 is 0 Å². The third-order valence-electron chi connectivity index (χ3n) is 6.52. The van der Waals surface area contributed by atoms with E-state index < -0.39 is 0 Å². The fourth-order valence-electron chi connectivity index (χ4n) is 4.60. The van der Waals surface area contributed by atoms with Gasteiger partial charge in [0, 0.05) is 18.7 Å². The lowest BCUT2D eigenvalue weighted by atomic mass is 9.76. The third-order valence-corrected chi connectivity index (χ3v) is 6.52. The summed E-state index contributed by atoms with van der Waals surface area (Å²) in [6, 6.07) is 13.8. The molecule has 0 spiro atoms. The standard InChI is InChI=1S/C26H30FN/c1-18-3-5-19(6-4-18)20-7-9-22(10-8-20)25-16-13-23(17-26(25)27)21-11-14-24(28-2)15-12-21/h7-9,11-19,22,28H,3-6,10H2,1-2H3. The normalized spacial score (nSPS) is 24.7. The summed E-state index contributed by atoms with van der Waals surface area (Å²) in [6.45, 7) is 2.36. The van der Waals surface area contributed by atoms with Crippen molar-refractivity contribution in [2.75, 3.05) is 12.4 Å². The SMILES string of the molecule is CNc1ccc(-c2ccc(C3C=CC(C4CCC(C)CC4)=CC3)c(F)c2)cc1. The summed E-state index contributed by atoms with van der Waals surface area (Å²) < 4.78 is 14.9. The van der Waals surface area contributed by atoms with Gasteiger partial charge in [-0.1, -0.05) is 62.3 Å². The van der Waals surface area contributed by atoms with E-state index in [9.17, 15) is 4.39 Å². The first-order valence-electron chi connectivity index (χ1n) is 10.6. The molecular formula is C26H30FN. The predicted molar refractivity (Wildman–Crippen MR) is 117 cm³/mol. The quantitative estimate of drug-likeness (QED) is 0.590. The van der Waals surface area contributed by atoms with Gasteiger partial charge in [-0.05, 0) is 71.6 Å². The van der Waals surface area contributed by atoms with E-state index in [2.05, 4.69) is 30.5 Å². The molecule has 2 aromatic carbocycles. The maximum atomic E-state index is 14.9. The van der Waals surface area contributed by atoms with E-state index in [0.717, 1.165) is 34.7 Å². The molecule has 0 heterocycles. The molecule has 1 saturated carbocycles. The molecule has 4 rings (SSSR count). The molecule has 2 heteroatoms. The molecule has 1 unspecified atom stereocenters. The fraction of sp³-hybridized carbons (Fsp3) is 0.385. The van der Waals surface area contributed by atoms with Gasteiger partial charge in [-0.25, -0.2) is 4.39 Å². The molecule has 1 atom stereocenters. The fourth-order valence-corrected chi connectivity index (χ4v) is 4.60. The second-order valence-electron chi connectivity index (χ2n) is 8.43. The van der Waals surface area contributed by atoms with E-state index in [1.807, 2.05) is 43.4 Å². The van der Waals surface area contributed by atoms with Gasteiger partial charge in [0.1, 0.15) is 5.82 Å². The van der Waals surface area contributed by atoms with Crippen molar-refractivity contribution in [3.05, 3.63) is 77.6 Å². The van der Waals surface area contributed by atoms with Gasteiger partial charge >= 0.3 is 0 Å². The highest BCUT2D eigenvalue weighted by molar-refractivity contribution is 5.66. The molecule has 0 radical (unpaired) electrons. The van der Waals surface area contributed by atoms with Gasteiger partial charge in [0.2, 0.25) is 0 Å². The van der Waals surface area contributed by atoms with Crippen LogP contribution in [-0.4, -0.2) is 7.05 Å². The highest BCUT2D eigenvalue weighted by Crippen LogP contribution is 2.38. The average Bonchev–Trinajstić information content (AvgIpc) is 2.74. The van der Waals surface area contributed by atoms with Gasteiger partial charge in [-0.3, -0.25) is 0 Å². The summed E-state index contributed by atoms with van der Waals surface area (Å²) in [5, 5.41) is 3.11. The van der Waals surface area contributed by atoms with Crippen LogP contribution in [0.1, 0.15) is 50.5 Å². The van der Waals surface area contributed by atoms with E-state index in [-0.39, 0.29) is 11.7 Å². The maximum absolute atomic E-state index is 14.9. The Morgan fingerprint density at radius 1 is 0.929 bits per heavy atom. The number of benzene rings is 2. The van der Waals surface area contributed by atoms with Gasteiger partial charge in [-0.2, -0.15) is 0 Å². The molecule has 0 aromatic heterocycles. The zero-order valence-electron chi connectivity index (χ0n) is 16.9. The van der Waals surface area contributed by atoms with Crippen molar-refractivity contribution in [1.82, 2.24) is 0 Å². The molecule has 0 saturated heterocycles. The number of hydrogen-bond acceptors (Lipinski definition) is 1. The Hall–Kier alpha value is -2.35. The zero-order valence-corrected chi connectivity index (χ0v) is 16.9. The Kier molecular flexibility index (Phi) is 5.66. The molecule has 0 amide bonds. The molecule has 2 aromatic rings. The first-order valence-corrected chi connectivity index (χ1v) is 10.6. The van der Waals surface area contributed by atoms with Gasteiger partial charge in [0.15, 0.2) is 0 Å². The van der Waals surface area contributed by atoms with Crippen LogP contribution < -0.4 is 5.32 Å². The molecule has 1 nitrogen and oxygen atoms in total. The molecule has 146 valence electrons. The lowest BCUT2D eigenvalue weighted by Gasteiger charge is -2.29. The minimum absolute atomic E-state index is 0.104. The van der Waals surface area contributed by atoms with E-state index in [0.29, 0.717) is 5.92 Å². The van der Waals surface area contributed by atoms with Crippen LogP contribution in [0.4, 0.5) is 10.1 Å². The Morgan fingerprint density at radius 3 is 2.25 bits per heavy atom.